The predicted molar refractivity (Wildman–Crippen MR) is 89.4 cm³/mol. The molecule has 0 N–H and O–H groups in total. The molecule has 1 aromatic carbocycles. The van der Waals surface area contributed by atoms with Crippen LogP contribution in [0.2, 0.25) is 0 Å². The Morgan fingerprint density at radius 1 is 1.10 bits per heavy atom. The van der Waals surface area contributed by atoms with Gasteiger partial charge in [-0.2, -0.15) is 0 Å². The molecule has 1 heterocycles. The van der Waals surface area contributed by atoms with Gasteiger partial charge in [0.05, 0.1) is 12.3 Å². The molecule has 0 radical (unpaired) electrons. The Bertz CT molecular complexity index is 414. The molecule has 1 aromatic rings. The maximum atomic E-state index is 5.75. The number of hydrogen-bond acceptors (Lipinski definition) is 4. The van der Waals surface area contributed by atoms with Crippen molar-refractivity contribution in [3.8, 4) is 5.75 Å². The average molecular weight is 291 g/mol. The lowest BCUT2D eigenvalue weighted by Crippen LogP contribution is -2.47. The first-order chi connectivity index (χ1) is 10.2. The van der Waals surface area contributed by atoms with Crippen molar-refractivity contribution < 1.29 is 4.74 Å². The fourth-order valence-corrected chi connectivity index (χ4v) is 2.82. The largest absolute Gasteiger partial charge is 0.492 e. The van der Waals surface area contributed by atoms with E-state index in [1.54, 1.807) is 0 Å². The smallest absolute Gasteiger partial charge is 0.142 e. The molecule has 1 aliphatic rings. The highest BCUT2D eigenvalue weighted by molar-refractivity contribution is 5.58. The Kier molecular flexibility index (Phi) is 6.33. The van der Waals surface area contributed by atoms with Gasteiger partial charge in [-0.1, -0.05) is 12.1 Å². The minimum absolute atomic E-state index is 0.724. The molecule has 0 aliphatic carbocycles. The lowest BCUT2D eigenvalue weighted by molar-refractivity contribution is 0.241. The molecule has 1 aliphatic heterocycles. The number of rotatable bonds is 7. The van der Waals surface area contributed by atoms with Crippen molar-refractivity contribution in [3.05, 3.63) is 24.3 Å². The van der Waals surface area contributed by atoms with Crippen LogP contribution in [0.1, 0.15) is 13.3 Å². The van der Waals surface area contributed by atoms with Crippen LogP contribution in [0.25, 0.3) is 0 Å². The first kappa shape index (κ1) is 16.1. The molecule has 118 valence electrons. The van der Waals surface area contributed by atoms with Crippen LogP contribution >= 0.6 is 0 Å². The summed E-state index contributed by atoms with van der Waals surface area (Å²) < 4.78 is 5.75. The van der Waals surface area contributed by atoms with E-state index in [-0.39, 0.29) is 0 Å². The molecule has 4 nitrogen and oxygen atoms in total. The summed E-state index contributed by atoms with van der Waals surface area (Å²) in [5.41, 5.74) is 1.24. The van der Waals surface area contributed by atoms with Crippen LogP contribution in [0, 0.1) is 0 Å². The van der Waals surface area contributed by atoms with Gasteiger partial charge in [0.25, 0.3) is 0 Å². The van der Waals surface area contributed by atoms with Crippen molar-refractivity contribution in [1.82, 2.24) is 9.80 Å². The zero-order valence-electron chi connectivity index (χ0n) is 13.7. The molecular weight excluding hydrogens is 262 g/mol. The minimum atomic E-state index is 0.724. The van der Waals surface area contributed by atoms with Crippen molar-refractivity contribution >= 4 is 5.69 Å². The molecule has 0 saturated carbocycles. The number of nitrogens with zero attached hydrogens (tertiary/aromatic N) is 3. The van der Waals surface area contributed by atoms with Crippen molar-refractivity contribution in [3.63, 3.8) is 0 Å². The van der Waals surface area contributed by atoms with Crippen molar-refractivity contribution in [1.29, 1.82) is 0 Å². The van der Waals surface area contributed by atoms with Gasteiger partial charge in [0.15, 0.2) is 0 Å². The van der Waals surface area contributed by atoms with Gasteiger partial charge in [-0.05, 0) is 52.7 Å². The summed E-state index contributed by atoms with van der Waals surface area (Å²) in [7, 11) is 4.28. The monoisotopic (exact) mass is 291 g/mol. The summed E-state index contributed by atoms with van der Waals surface area (Å²) in [5, 5.41) is 0. The lowest BCUT2D eigenvalue weighted by atomic mass is 10.2. The quantitative estimate of drug-likeness (QED) is 0.766. The molecular formula is C17H29N3O. The fraction of sp³-hybridized carbons (Fsp3) is 0.647. The van der Waals surface area contributed by atoms with Crippen LogP contribution in [-0.4, -0.2) is 69.8 Å². The summed E-state index contributed by atoms with van der Waals surface area (Å²) in [5.74, 6) is 1.01. The summed E-state index contributed by atoms with van der Waals surface area (Å²) >= 11 is 0. The molecule has 0 spiro atoms. The van der Waals surface area contributed by atoms with Gasteiger partial charge < -0.3 is 14.5 Å². The van der Waals surface area contributed by atoms with E-state index >= 15 is 0 Å². The van der Waals surface area contributed by atoms with E-state index < -0.39 is 0 Å². The first-order valence-electron chi connectivity index (χ1n) is 8.04. The van der Waals surface area contributed by atoms with Crippen LogP contribution in [0.15, 0.2) is 24.3 Å². The van der Waals surface area contributed by atoms with Crippen molar-refractivity contribution in [2.24, 2.45) is 0 Å². The molecule has 1 fully saturated rings. The second-order valence-corrected chi connectivity index (χ2v) is 5.89. The van der Waals surface area contributed by atoms with Crippen molar-refractivity contribution in [2.45, 2.75) is 13.3 Å². The number of para-hydroxylation sites is 2. The van der Waals surface area contributed by atoms with Crippen molar-refractivity contribution in [2.75, 3.05) is 64.9 Å². The summed E-state index contributed by atoms with van der Waals surface area (Å²) in [4.78, 5) is 7.28. The predicted octanol–water partition coefficient (Wildman–Crippen LogP) is 2.16. The Hall–Kier alpha value is -1.26. The first-order valence-corrected chi connectivity index (χ1v) is 8.04. The second-order valence-electron chi connectivity index (χ2n) is 5.89. The van der Waals surface area contributed by atoms with E-state index in [1.165, 1.54) is 25.2 Å². The molecule has 2 rings (SSSR count). The highest BCUT2D eigenvalue weighted by Crippen LogP contribution is 2.28. The topological polar surface area (TPSA) is 19.0 Å². The molecule has 4 heteroatoms. The Morgan fingerprint density at radius 2 is 1.81 bits per heavy atom. The van der Waals surface area contributed by atoms with E-state index in [4.69, 9.17) is 4.74 Å². The average Bonchev–Trinajstić information content (AvgIpc) is 2.49. The molecule has 0 bridgehead atoms. The minimum Gasteiger partial charge on any atom is -0.492 e. The van der Waals surface area contributed by atoms with E-state index in [9.17, 15) is 0 Å². The third kappa shape index (κ3) is 4.90. The standard InChI is InChI=1S/C17H29N3O/c1-4-21-17-9-6-5-8-16(17)20-14-12-19(13-15-20)11-7-10-18(2)3/h5-6,8-9H,4,7,10-15H2,1-3H3. The fourth-order valence-electron chi connectivity index (χ4n) is 2.82. The zero-order chi connectivity index (χ0) is 15.1. The molecule has 0 aromatic heterocycles. The molecule has 1 saturated heterocycles. The Morgan fingerprint density at radius 3 is 2.48 bits per heavy atom. The van der Waals surface area contributed by atoms with Crippen LogP contribution < -0.4 is 9.64 Å². The van der Waals surface area contributed by atoms with E-state index in [0.717, 1.165) is 38.5 Å². The molecule has 0 atom stereocenters. The van der Waals surface area contributed by atoms with Crippen LogP contribution in [0.5, 0.6) is 5.75 Å². The Labute approximate surface area is 129 Å². The number of piperazine rings is 1. The molecule has 21 heavy (non-hydrogen) atoms. The maximum Gasteiger partial charge on any atom is 0.142 e. The normalized spacial score (nSPS) is 16.5. The number of hydrogen-bond donors (Lipinski definition) is 0. The lowest BCUT2D eigenvalue weighted by Gasteiger charge is -2.36. The molecule has 0 amide bonds. The Balaban J connectivity index is 1.83. The van der Waals surface area contributed by atoms with Gasteiger partial charge in [-0.3, -0.25) is 4.90 Å². The van der Waals surface area contributed by atoms with Gasteiger partial charge in [0.2, 0.25) is 0 Å². The van der Waals surface area contributed by atoms with Gasteiger partial charge in [-0.15, -0.1) is 0 Å². The van der Waals surface area contributed by atoms with E-state index in [1.807, 2.05) is 13.0 Å². The highest BCUT2D eigenvalue weighted by Gasteiger charge is 2.19. The van der Waals surface area contributed by atoms with E-state index in [2.05, 4.69) is 47.0 Å². The summed E-state index contributed by atoms with van der Waals surface area (Å²) in [6.45, 7) is 9.62. The van der Waals surface area contributed by atoms with Crippen LogP contribution in [0.3, 0.4) is 0 Å². The van der Waals surface area contributed by atoms with Crippen LogP contribution in [0.4, 0.5) is 5.69 Å². The van der Waals surface area contributed by atoms with Gasteiger partial charge in [-0.25, -0.2) is 0 Å². The van der Waals surface area contributed by atoms with E-state index in [0.29, 0.717) is 0 Å². The zero-order valence-corrected chi connectivity index (χ0v) is 13.7. The van der Waals surface area contributed by atoms with Gasteiger partial charge in [0, 0.05) is 26.2 Å². The third-order valence-corrected chi connectivity index (χ3v) is 3.96. The maximum absolute atomic E-state index is 5.75. The SMILES string of the molecule is CCOc1ccccc1N1CCN(CCCN(C)C)CC1. The molecule has 0 unspecified atom stereocenters. The summed E-state index contributed by atoms with van der Waals surface area (Å²) in [6, 6.07) is 8.39. The van der Waals surface area contributed by atoms with Gasteiger partial charge >= 0.3 is 0 Å². The number of benzene rings is 1. The third-order valence-electron chi connectivity index (χ3n) is 3.96. The number of anilines is 1. The highest BCUT2D eigenvalue weighted by atomic mass is 16.5. The number of ether oxygens (including phenoxy) is 1. The summed E-state index contributed by atoms with van der Waals surface area (Å²) in [6.07, 6.45) is 1.25. The van der Waals surface area contributed by atoms with Gasteiger partial charge in [0.1, 0.15) is 5.75 Å². The second kappa shape index (κ2) is 8.25. The van der Waals surface area contributed by atoms with Crippen LogP contribution in [-0.2, 0) is 0 Å².